The van der Waals surface area contributed by atoms with Gasteiger partial charge >= 0.3 is 0 Å². The van der Waals surface area contributed by atoms with Crippen molar-refractivity contribution in [3.05, 3.63) is 76.7 Å². The third kappa shape index (κ3) is 2.62. The molecule has 1 N–H and O–H groups in total. The molecule has 0 aliphatic heterocycles. The van der Waals surface area contributed by atoms with Crippen molar-refractivity contribution < 1.29 is 4.79 Å². The Labute approximate surface area is 125 Å². The molecule has 0 amide bonds. The molecule has 1 heterocycles. The Morgan fingerprint density at radius 3 is 2.18 bits per heavy atom. The molecule has 0 saturated heterocycles. The highest BCUT2D eigenvalue weighted by atomic mass is 16.1. The molecule has 6 heteroatoms. The molecule has 0 aliphatic carbocycles. The van der Waals surface area contributed by atoms with Crippen LogP contribution in [-0.4, -0.2) is 16.1 Å². The minimum Gasteiger partial charge on any atom is -0.296 e. The van der Waals surface area contributed by atoms with Crippen molar-refractivity contribution in [1.82, 2.24) is 9.78 Å². The van der Waals surface area contributed by atoms with E-state index < -0.39 is 5.56 Å². The number of aromatic nitrogens is 2. The standard InChI is InChI=1S/C16H12N4O2/c21-11-14-15(18-17-12-7-3-1-4-8-12)16(22)20(19-14)13-9-5-2-6-10-13/h1-11,19H. The molecule has 3 rings (SSSR count). The van der Waals surface area contributed by atoms with Crippen molar-refractivity contribution in [2.75, 3.05) is 0 Å². The molecule has 0 atom stereocenters. The number of para-hydroxylation sites is 1. The van der Waals surface area contributed by atoms with E-state index in [4.69, 9.17) is 0 Å². The topological polar surface area (TPSA) is 79.6 Å². The first-order valence-corrected chi connectivity index (χ1v) is 6.62. The summed E-state index contributed by atoms with van der Waals surface area (Å²) in [5.41, 5.74) is 0.882. The fourth-order valence-electron chi connectivity index (χ4n) is 1.99. The quantitative estimate of drug-likeness (QED) is 0.590. The lowest BCUT2D eigenvalue weighted by Gasteiger charge is -1.98. The van der Waals surface area contributed by atoms with Crippen LogP contribution >= 0.6 is 0 Å². The van der Waals surface area contributed by atoms with E-state index in [1.807, 2.05) is 24.3 Å². The first-order valence-electron chi connectivity index (χ1n) is 6.62. The fourth-order valence-corrected chi connectivity index (χ4v) is 1.99. The molecular weight excluding hydrogens is 280 g/mol. The largest absolute Gasteiger partial charge is 0.299 e. The van der Waals surface area contributed by atoms with Crippen molar-refractivity contribution in [2.45, 2.75) is 0 Å². The average Bonchev–Trinajstić information content (AvgIpc) is 2.90. The monoisotopic (exact) mass is 292 g/mol. The maximum absolute atomic E-state index is 12.4. The predicted molar refractivity (Wildman–Crippen MR) is 82.4 cm³/mol. The molecular formula is C16H12N4O2. The summed E-state index contributed by atoms with van der Waals surface area (Å²) in [4.78, 5) is 23.5. The molecule has 0 unspecified atom stereocenters. The van der Waals surface area contributed by atoms with Crippen molar-refractivity contribution in [3.63, 3.8) is 0 Å². The molecule has 0 radical (unpaired) electrons. The second-order valence-corrected chi connectivity index (χ2v) is 4.50. The number of H-pyrrole nitrogens is 1. The van der Waals surface area contributed by atoms with Crippen LogP contribution in [0.25, 0.3) is 5.69 Å². The van der Waals surface area contributed by atoms with Gasteiger partial charge in [0, 0.05) is 0 Å². The number of hydrogen-bond donors (Lipinski definition) is 1. The summed E-state index contributed by atoms with van der Waals surface area (Å²) in [7, 11) is 0. The predicted octanol–water partition coefficient (Wildman–Crippen LogP) is 3.39. The normalized spacial score (nSPS) is 10.9. The molecule has 0 aliphatic rings. The van der Waals surface area contributed by atoms with Gasteiger partial charge < -0.3 is 0 Å². The van der Waals surface area contributed by atoms with Gasteiger partial charge in [-0.1, -0.05) is 36.4 Å². The van der Waals surface area contributed by atoms with Crippen molar-refractivity contribution in [2.24, 2.45) is 10.2 Å². The van der Waals surface area contributed by atoms with Crippen molar-refractivity contribution in [1.29, 1.82) is 0 Å². The maximum atomic E-state index is 12.4. The van der Waals surface area contributed by atoms with Crippen LogP contribution in [0.1, 0.15) is 10.5 Å². The van der Waals surface area contributed by atoms with Crippen LogP contribution in [0.2, 0.25) is 0 Å². The zero-order valence-corrected chi connectivity index (χ0v) is 11.5. The summed E-state index contributed by atoms with van der Waals surface area (Å²) in [6.45, 7) is 0. The lowest BCUT2D eigenvalue weighted by molar-refractivity contribution is 0.111. The average molecular weight is 292 g/mol. The van der Waals surface area contributed by atoms with Gasteiger partial charge in [0.05, 0.1) is 11.4 Å². The molecule has 22 heavy (non-hydrogen) atoms. The first kappa shape index (κ1) is 13.7. The van der Waals surface area contributed by atoms with Gasteiger partial charge in [-0.2, -0.15) is 5.11 Å². The van der Waals surface area contributed by atoms with Gasteiger partial charge in [0.15, 0.2) is 12.0 Å². The van der Waals surface area contributed by atoms with Crippen LogP contribution in [0.15, 0.2) is 75.7 Å². The maximum Gasteiger partial charge on any atom is 0.299 e. The van der Waals surface area contributed by atoms with Gasteiger partial charge in [-0.25, -0.2) is 4.68 Å². The summed E-state index contributed by atoms with van der Waals surface area (Å²) in [6.07, 6.45) is 0.556. The third-order valence-electron chi connectivity index (χ3n) is 3.05. The molecule has 108 valence electrons. The van der Waals surface area contributed by atoms with Gasteiger partial charge in [-0.05, 0) is 24.3 Å². The van der Waals surface area contributed by atoms with E-state index >= 15 is 0 Å². The smallest absolute Gasteiger partial charge is 0.296 e. The molecule has 1 aromatic heterocycles. The first-order chi connectivity index (χ1) is 10.8. The van der Waals surface area contributed by atoms with E-state index in [1.165, 1.54) is 4.68 Å². The lowest BCUT2D eigenvalue weighted by Crippen LogP contribution is -2.13. The van der Waals surface area contributed by atoms with E-state index in [0.29, 0.717) is 17.7 Å². The summed E-state index contributed by atoms with van der Waals surface area (Å²) in [6, 6.07) is 17.9. The van der Waals surface area contributed by atoms with Gasteiger partial charge in [0.1, 0.15) is 5.69 Å². The molecule has 3 aromatic rings. The third-order valence-corrected chi connectivity index (χ3v) is 3.05. The number of hydrogen-bond acceptors (Lipinski definition) is 4. The summed E-state index contributed by atoms with van der Waals surface area (Å²) < 4.78 is 1.27. The van der Waals surface area contributed by atoms with Crippen LogP contribution in [0.3, 0.4) is 0 Å². The summed E-state index contributed by atoms with van der Waals surface area (Å²) in [5, 5.41) is 10.6. The van der Waals surface area contributed by atoms with Crippen LogP contribution in [0.4, 0.5) is 11.4 Å². The summed E-state index contributed by atoms with van der Waals surface area (Å²) in [5.74, 6) is 0. The van der Waals surface area contributed by atoms with E-state index in [-0.39, 0.29) is 11.4 Å². The van der Waals surface area contributed by atoms with Crippen LogP contribution in [0, 0.1) is 0 Å². The molecule has 0 spiro atoms. The Morgan fingerprint density at radius 1 is 0.909 bits per heavy atom. The number of carbonyl (C=O) groups excluding carboxylic acids is 1. The van der Waals surface area contributed by atoms with E-state index in [1.54, 1.807) is 36.4 Å². The Balaban J connectivity index is 2.05. The van der Waals surface area contributed by atoms with Gasteiger partial charge in [0.25, 0.3) is 5.56 Å². The SMILES string of the molecule is O=Cc1[nH]n(-c2ccccc2)c(=O)c1N=Nc1ccccc1. The molecule has 0 saturated carbocycles. The highest BCUT2D eigenvalue weighted by Gasteiger charge is 2.14. The number of carbonyl (C=O) groups is 1. The zero-order valence-electron chi connectivity index (χ0n) is 11.5. The Hall–Kier alpha value is -3.28. The van der Waals surface area contributed by atoms with E-state index in [2.05, 4.69) is 15.3 Å². The van der Waals surface area contributed by atoms with Gasteiger partial charge in [0.2, 0.25) is 0 Å². The number of aldehydes is 1. The number of azo groups is 1. The van der Waals surface area contributed by atoms with Crippen LogP contribution < -0.4 is 5.56 Å². The van der Waals surface area contributed by atoms with Gasteiger partial charge in [-0.3, -0.25) is 14.7 Å². The zero-order chi connectivity index (χ0) is 15.4. The number of aromatic amines is 1. The second-order valence-electron chi connectivity index (χ2n) is 4.50. The number of nitrogens with zero attached hydrogens (tertiary/aromatic N) is 3. The van der Waals surface area contributed by atoms with Crippen LogP contribution in [-0.2, 0) is 0 Å². The minimum absolute atomic E-state index is 0.0114. The number of nitrogens with one attached hydrogen (secondary N) is 1. The van der Waals surface area contributed by atoms with Crippen molar-refractivity contribution in [3.8, 4) is 5.69 Å². The molecule has 0 fully saturated rings. The van der Waals surface area contributed by atoms with E-state index in [0.717, 1.165) is 0 Å². The van der Waals surface area contributed by atoms with Crippen molar-refractivity contribution >= 4 is 17.7 Å². The van der Waals surface area contributed by atoms with Gasteiger partial charge in [-0.15, -0.1) is 5.11 Å². The van der Waals surface area contributed by atoms with E-state index in [9.17, 15) is 9.59 Å². The number of benzene rings is 2. The Bertz CT molecular complexity index is 864. The second kappa shape index (κ2) is 6.01. The molecule has 2 aromatic carbocycles. The molecule has 0 bridgehead atoms. The fraction of sp³-hybridized carbons (Fsp3) is 0. The summed E-state index contributed by atoms with van der Waals surface area (Å²) >= 11 is 0. The highest BCUT2D eigenvalue weighted by molar-refractivity contribution is 5.79. The number of rotatable bonds is 4. The highest BCUT2D eigenvalue weighted by Crippen LogP contribution is 2.18. The molecule has 6 nitrogen and oxygen atoms in total. The lowest BCUT2D eigenvalue weighted by atomic mass is 10.3. The minimum atomic E-state index is -0.423. The Kier molecular flexibility index (Phi) is 3.74. The Morgan fingerprint density at radius 2 is 1.55 bits per heavy atom. The van der Waals surface area contributed by atoms with Crippen LogP contribution in [0.5, 0.6) is 0 Å².